The number of amides is 1. The SMILES string of the molecule is Cc1cc(N2C(=O)c3oc4ccccc4c(=O)c3[C@H]2c2cccc(Cl)c2)no1. The number of nitrogens with zero attached hydrogens (tertiary/aromatic N) is 2. The molecule has 1 amide bonds. The monoisotopic (exact) mass is 392 g/mol. The van der Waals surface area contributed by atoms with Crippen LogP contribution in [0.4, 0.5) is 5.82 Å². The fourth-order valence-corrected chi connectivity index (χ4v) is 3.81. The average Bonchev–Trinajstić information content (AvgIpc) is 3.23. The van der Waals surface area contributed by atoms with E-state index in [2.05, 4.69) is 5.16 Å². The molecular weight excluding hydrogens is 380 g/mol. The van der Waals surface area contributed by atoms with Crippen LogP contribution in [0.3, 0.4) is 0 Å². The van der Waals surface area contributed by atoms with Crippen molar-refractivity contribution in [1.29, 1.82) is 0 Å². The molecule has 0 spiro atoms. The first-order chi connectivity index (χ1) is 13.5. The van der Waals surface area contributed by atoms with E-state index in [-0.39, 0.29) is 16.8 Å². The van der Waals surface area contributed by atoms with Crippen molar-refractivity contribution in [1.82, 2.24) is 5.16 Å². The Morgan fingerprint density at radius 1 is 1.07 bits per heavy atom. The number of hydrogen-bond donors (Lipinski definition) is 0. The second kappa shape index (κ2) is 6.07. The molecule has 1 atom stereocenters. The highest BCUT2D eigenvalue weighted by Crippen LogP contribution is 2.41. The molecule has 4 aromatic rings. The number of aryl methyl sites for hydroxylation is 1. The predicted octanol–water partition coefficient (Wildman–Crippen LogP) is 4.49. The number of anilines is 1. The lowest BCUT2D eigenvalue weighted by atomic mass is 9.98. The minimum Gasteiger partial charge on any atom is -0.450 e. The average molecular weight is 393 g/mol. The highest BCUT2D eigenvalue weighted by molar-refractivity contribution is 6.30. The largest absolute Gasteiger partial charge is 0.450 e. The third-order valence-corrected chi connectivity index (χ3v) is 5.04. The molecule has 3 heterocycles. The summed E-state index contributed by atoms with van der Waals surface area (Å²) in [6, 6.07) is 14.8. The Morgan fingerprint density at radius 2 is 1.89 bits per heavy atom. The lowest BCUT2D eigenvalue weighted by Gasteiger charge is -2.22. The number of benzene rings is 2. The fourth-order valence-electron chi connectivity index (χ4n) is 3.61. The summed E-state index contributed by atoms with van der Waals surface area (Å²) in [5, 5.41) is 4.90. The summed E-state index contributed by atoms with van der Waals surface area (Å²) in [5.74, 6) is 0.417. The fraction of sp³-hybridized carbons (Fsp3) is 0.0952. The summed E-state index contributed by atoms with van der Waals surface area (Å²) in [4.78, 5) is 28.0. The first kappa shape index (κ1) is 16.8. The summed E-state index contributed by atoms with van der Waals surface area (Å²) in [6.45, 7) is 1.73. The van der Waals surface area contributed by atoms with Gasteiger partial charge in [0, 0.05) is 11.1 Å². The maximum Gasteiger partial charge on any atom is 0.296 e. The van der Waals surface area contributed by atoms with Gasteiger partial charge in [0.25, 0.3) is 5.91 Å². The van der Waals surface area contributed by atoms with Crippen LogP contribution < -0.4 is 10.3 Å². The molecule has 0 bridgehead atoms. The van der Waals surface area contributed by atoms with Gasteiger partial charge >= 0.3 is 0 Å². The van der Waals surface area contributed by atoms with Crippen molar-refractivity contribution in [2.45, 2.75) is 13.0 Å². The van der Waals surface area contributed by atoms with Crippen molar-refractivity contribution < 1.29 is 13.7 Å². The zero-order valence-electron chi connectivity index (χ0n) is 14.7. The topological polar surface area (TPSA) is 76.6 Å². The number of para-hydroxylation sites is 1. The standard InChI is InChI=1S/C21H13ClN2O4/c1-11-9-16(23-28-11)24-18(12-5-4-6-13(22)10-12)17-19(25)14-7-2-3-8-15(14)27-20(17)21(24)26/h2-10,18H,1H3/t18-/m1/s1. The minimum absolute atomic E-state index is 0.00864. The molecule has 2 aromatic carbocycles. The zero-order chi connectivity index (χ0) is 19.4. The maximum atomic E-state index is 13.3. The predicted molar refractivity (Wildman–Crippen MR) is 104 cm³/mol. The summed E-state index contributed by atoms with van der Waals surface area (Å²) in [7, 11) is 0. The van der Waals surface area contributed by atoms with E-state index in [4.69, 9.17) is 20.5 Å². The highest BCUT2D eigenvalue weighted by atomic mass is 35.5. The first-order valence-electron chi connectivity index (χ1n) is 8.62. The van der Waals surface area contributed by atoms with E-state index in [1.54, 1.807) is 55.5 Å². The first-order valence-corrected chi connectivity index (χ1v) is 9.00. The lowest BCUT2D eigenvalue weighted by molar-refractivity contribution is 0.0969. The van der Waals surface area contributed by atoms with Crippen LogP contribution in [0, 0.1) is 6.92 Å². The van der Waals surface area contributed by atoms with Gasteiger partial charge in [-0.2, -0.15) is 0 Å². The van der Waals surface area contributed by atoms with Crippen LogP contribution in [0.5, 0.6) is 0 Å². The number of aromatic nitrogens is 1. The summed E-state index contributed by atoms with van der Waals surface area (Å²) in [5.41, 5.74) is 1.06. The van der Waals surface area contributed by atoms with Gasteiger partial charge < -0.3 is 8.94 Å². The second-order valence-electron chi connectivity index (χ2n) is 6.60. The number of hydrogen-bond acceptors (Lipinski definition) is 5. The van der Waals surface area contributed by atoms with Gasteiger partial charge in [0.2, 0.25) is 5.76 Å². The van der Waals surface area contributed by atoms with E-state index in [1.807, 2.05) is 6.07 Å². The van der Waals surface area contributed by atoms with E-state index in [0.717, 1.165) is 0 Å². The molecule has 0 saturated carbocycles. The van der Waals surface area contributed by atoms with Gasteiger partial charge in [-0.25, -0.2) is 0 Å². The van der Waals surface area contributed by atoms with Crippen molar-refractivity contribution in [2.75, 3.05) is 4.90 Å². The molecule has 28 heavy (non-hydrogen) atoms. The van der Waals surface area contributed by atoms with Gasteiger partial charge in [-0.1, -0.05) is 41.0 Å². The Morgan fingerprint density at radius 3 is 2.64 bits per heavy atom. The van der Waals surface area contributed by atoms with Gasteiger partial charge in [0.15, 0.2) is 11.2 Å². The van der Waals surface area contributed by atoms with Crippen molar-refractivity contribution >= 4 is 34.3 Å². The third-order valence-electron chi connectivity index (χ3n) is 4.80. The molecular formula is C21H13ClN2O4. The van der Waals surface area contributed by atoms with E-state index >= 15 is 0 Å². The van der Waals surface area contributed by atoms with Crippen LogP contribution in [0.1, 0.15) is 33.5 Å². The Labute approximate surface area is 163 Å². The van der Waals surface area contributed by atoms with Gasteiger partial charge in [-0.05, 0) is 36.8 Å². The second-order valence-corrected chi connectivity index (χ2v) is 7.04. The summed E-state index contributed by atoms with van der Waals surface area (Å²) < 4.78 is 11.0. The Hall–Kier alpha value is -3.38. The molecule has 0 fully saturated rings. The van der Waals surface area contributed by atoms with Crippen molar-refractivity contribution in [3.8, 4) is 0 Å². The molecule has 2 aromatic heterocycles. The molecule has 6 nitrogen and oxygen atoms in total. The maximum absolute atomic E-state index is 13.3. The molecule has 0 aliphatic carbocycles. The number of rotatable bonds is 2. The van der Waals surface area contributed by atoms with Crippen LogP contribution in [-0.2, 0) is 0 Å². The summed E-state index contributed by atoms with van der Waals surface area (Å²) >= 11 is 6.18. The summed E-state index contributed by atoms with van der Waals surface area (Å²) in [6.07, 6.45) is 0. The number of fused-ring (bicyclic) bond motifs is 2. The smallest absolute Gasteiger partial charge is 0.296 e. The molecule has 0 unspecified atom stereocenters. The quantitative estimate of drug-likeness (QED) is 0.502. The van der Waals surface area contributed by atoms with Crippen molar-refractivity contribution in [3.05, 3.63) is 92.5 Å². The van der Waals surface area contributed by atoms with E-state index in [0.29, 0.717) is 33.1 Å². The van der Waals surface area contributed by atoms with Crippen molar-refractivity contribution in [2.24, 2.45) is 0 Å². The Kier molecular flexibility index (Phi) is 3.64. The lowest BCUT2D eigenvalue weighted by Crippen LogP contribution is -2.29. The third kappa shape index (κ3) is 2.38. The minimum atomic E-state index is -0.716. The molecule has 5 rings (SSSR count). The highest BCUT2D eigenvalue weighted by Gasteiger charge is 2.44. The molecule has 1 aliphatic heterocycles. The van der Waals surface area contributed by atoms with Crippen LogP contribution in [0.25, 0.3) is 11.0 Å². The molecule has 7 heteroatoms. The molecule has 138 valence electrons. The van der Waals surface area contributed by atoms with Crippen LogP contribution in [-0.4, -0.2) is 11.1 Å². The molecule has 0 N–H and O–H groups in total. The zero-order valence-corrected chi connectivity index (χ0v) is 15.4. The van der Waals surface area contributed by atoms with Crippen molar-refractivity contribution in [3.63, 3.8) is 0 Å². The Bertz CT molecular complexity index is 1310. The number of carbonyl (C=O) groups excluding carboxylic acids is 1. The van der Waals surface area contributed by atoms with E-state index in [9.17, 15) is 9.59 Å². The van der Waals surface area contributed by atoms with Crippen LogP contribution in [0.2, 0.25) is 5.02 Å². The van der Waals surface area contributed by atoms with Gasteiger partial charge in [0.1, 0.15) is 11.3 Å². The molecule has 0 radical (unpaired) electrons. The number of halogens is 1. The molecule has 0 saturated heterocycles. The number of carbonyl (C=O) groups is 1. The Balaban J connectivity index is 1.84. The van der Waals surface area contributed by atoms with E-state index < -0.39 is 11.9 Å². The van der Waals surface area contributed by atoms with E-state index in [1.165, 1.54) is 4.90 Å². The molecule has 1 aliphatic rings. The normalized spacial score (nSPS) is 16.0. The van der Waals surface area contributed by atoms with Gasteiger partial charge in [-0.15, -0.1) is 0 Å². The van der Waals surface area contributed by atoms with Gasteiger partial charge in [0.05, 0.1) is 17.0 Å². The van der Waals surface area contributed by atoms with Crippen LogP contribution >= 0.6 is 11.6 Å². The van der Waals surface area contributed by atoms with Crippen LogP contribution in [0.15, 0.2) is 68.3 Å². The van der Waals surface area contributed by atoms with Gasteiger partial charge in [-0.3, -0.25) is 14.5 Å².